The second-order valence-electron chi connectivity index (χ2n) is 11.0. The minimum atomic E-state index is -0.109. The first-order chi connectivity index (χ1) is 19.9. The lowest BCUT2D eigenvalue weighted by Gasteiger charge is -2.22. The molecule has 1 amide bonds. The average Bonchev–Trinajstić information content (AvgIpc) is 3.85. The highest BCUT2D eigenvalue weighted by Gasteiger charge is 2.21. The maximum absolute atomic E-state index is 12.4. The third-order valence-corrected chi connectivity index (χ3v) is 7.95. The number of fused-ring (bicyclic) bond motifs is 1. The van der Waals surface area contributed by atoms with Crippen LogP contribution in [0.3, 0.4) is 0 Å². The van der Waals surface area contributed by atoms with E-state index in [-0.39, 0.29) is 17.7 Å². The Labute approximate surface area is 241 Å². The van der Waals surface area contributed by atoms with Crippen molar-refractivity contribution in [3.63, 3.8) is 0 Å². The van der Waals surface area contributed by atoms with Gasteiger partial charge >= 0.3 is 0 Å². The molecule has 3 heterocycles. The lowest BCUT2D eigenvalue weighted by atomic mass is 9.87. The molecular weight excluding hydrogens is 514 g/mol. The summed E-state index contributed by atoms with van der Waals surface area (Å²) in [7, 11) is 3.68. The minimum Gasteiger partial charge on any atom is -0.379 e. The van der Waals surface area contributed by atoms with E-state index in [0.717, 1.165) is 58.4 Å². The van der Waals surface area contributed by atoms with E-state index in [1.165, 1.54) is 12.8 Å². The van der Waals surface area contributed by atoms with Crippen LogP contribution in [0.15, 0.2) is 61.2 Å². The molecule has 0 spiro atoms. The van der Waals surface area contributed by atoms with Crippen LogP contribution in [0.1, 0.15) is 48.5 Å². The number of nitrogens with zero attached hydrogens (tertiary/aromatic N) is 5. The second-order valence-corrected chi connectivity index (χ2v) is 11.0. The molecule has 5 rings (SSSR count). The zero-order chi connectivity index (χ0) is 28.8. The number of anilines is 2. The second kappa shape index (κ2) is 13.0. The third-order valence-electron chi connectivity index (χ3n) is 7.95. The van der Waals surface area contributed by atoms with Gasteiger partial charge in [0.05, 0.1) is 23.4 Å². The maximum atomic E-state index is 12.4. The monoisotopic (exact) mass is 553 g/mol. The highest BCUT2D eigenvalue weighted by Crippen LogP contribution is 2.31. The molecule has 2 N–H and O–H groups in total. The number of aromatic nitrogens is 4. The van der Waals surface area contributed by atoms with Crippen LogP contribution >= 0.6 is 0 Å². The number of likely N-dealkylation sites (N-methyl/N-ethyl adjacent to an activating group) is 1. The van der Waals surface area contributed by atoms with E-state index in [1.807, 2.05) is 43.6 Å². The van der Waals surface area contributed by atoms with E-state index in [2.05, 4.69) is 55.4 Å². The van der Waals surface area contributed by atoms with Crippen molar-refractivity contribution in [2.24, 2.45) is 11.8 Å². The van der Waals surface area contributed by atoms with Crippen LogP contribution in [0.5, 0.6) is 0 Å². The van der Waals surface area contributed by atoms with Crippen LogP contribution in [-0.4, -0.2) is 66.2 Å². The summed E-state index contributed by atoms with van der Waals surface area (Å²) in [5.74, 6) is 2.82. The number of nitrogens with one attached hydrogen (secondary N) is 2. The molecule has 1 unspecified atom stereocenters. The number of carbonyl (C=O) groups is 1. The molecule has 0 radical (unpaired) electrons. The molecule has 0 aliphatic heterocycles. The first kappa shape index (κ1) is 28.4. The molecule has 0 saturated heterocycles. The van der Waals surface area contributed by atoms with Gasteiger partial charge in [-0.2, -0.15) is 0 Å². The normalized spacial score (nSPS) is 14.4. The van der Waals surface area contributed by atoms with Gasteiger partial charge in [-0.3, -0.25) is 9.78 Å². The van der Waals surface area contributed by atoms with Crippen molar-refractivity contribution in [3.05, 3.63) is 72.3 Å². The van der Waals surface area contributed by atoms with Crippen LogP contribution in [0, 0.1) is 11.8 Å². The molecule has 1 aliphatic carbocycles. The van der Waals surface area contributed by atoms with Gasteiger partial charge in [-0.05, 0) is 54.4 Å². The fraction of sp³-hybridized carbons (Fsp3) is 0.406. The number of carbonyl (C=O) groups excluding carboxylic acids is 1. The van der Waals surface area contributed by atoms with Crippen molar-refractivity contribution in [3.8, 4) is 11.3 Å². The van der Waals surface area contributed by atoms with E-state index in [9.17, 15) is 4.79 Å². The zero-order valence-electron chi connectivity index (χ0n) is 24.3. The number of hydrogen-bond acceptors (Lipinski definition) is 8. The third kappa shape index (κ3) is 6.97. The largest absolute Gasteiger partial charge is 0.379 e. The average molecular weight is 554 g/mol. The Hall–Kier alpha value is -4.11. The zero-order valence-corrected chi connectivity index (χ0v) is 24.3. The Kier molecular flexibility index (Phi) is 9.04. The Morgan fingerprint density at radius 3 is 2.71 bits per heavy atom. The molecule has 9 heteroatoms. The molecule has 1 fully saturated rings. The lowest BCUT2D eigenvalue weighted by Crippen LogP contribution is -2.23. The number of rotatable bonds is 13. The SMILES string of the molecule is CNC(=O)c1ccnc2c(C(C)[C@H](C)CNc3cc(-c4ccc(N(C)CCOCC5CC5)nc4)ncn3)cccc12. The van der Waals surface area contributed by atoms with Crippen molar-refractivity contribution >= 4 is 28.4 Å². The molecule has 4 aromatic rings. The summed E-state index contributed by atoms with van der Waals surface area (Å²) >= 11 is 0. The van der Waals surface area contributed by atoms with Gasteiger partial charge in [-0.15, -0.1) is 0 Å². The van der Waals surface area contributed by atoms with Gasteiger partial charge in [0.15, 0.2) is 0 Å². The molecule has 2 atom stereocenters. The van der Waals surface area contributed by atoms with Crippen molar-refractivity contribution in [2.75, 3.05) is 50.6 Å². The van der Waals surface area contributed by atoms with Crippen molar-refractivity contribution in [2.45, 2.75) is 32.6 Å². The summed E-state index contributed by atoms with van der Waals surface area (Å²) < 4.78 is 5.76. The summed E-state index contributed by atoms with van der Waals surface area (Å²) in [6, 6.07) is 13.8. The Morgan fingerprint density at radius 2 is 1.95 bits per heavy atom. The topological polar surface area (TPSA) is 105 Å². The van der Waals surface area contributed by atoms with Crippen LogP contribution in [0.2, 0.25) is 0 Å². The molecule has 1 saturated carbocycles. The molecule has 3 aromatic heterocycles. The van der Waals surface area contributed by atoms with E-state index in [0.29, 0.717) is 18.7 Å². The molecule has 1 aromatic carbocycles. The number of hydrogen-bond donors (Lipinski definition) is 2. The van der Waals surface area contributed by atoms with E-state index in [4.69, 9.17) is 4.74 Å². The minimum absolute atomic E-state index is 0.109. The summed E-state index contributed by atoms with van der Waals surface area (Å²) in [4.78, 5) is 32.7. The van der Waals surface area contributed by atoms with Gasteiger partial charge in [-0.1, -0.05) is 32.0 Å². The summed E-state index contributed by atoms with van der Waals surface area (Å²) in [5, 5.41) is 7.07. The highest BCUT2D eigenvalue weighted by molar-refractivity contribution is 6.06. The molecule has 0 bridgehead atoms. The predicted octanol–water partition coefficient (Wildman–Crippen LogP) is 5.16. The van der Waals surface area contributed by atoms with Gasteiger partial charge in [0, 0.05) is 63.2 Å². The number of benzene rings is 1. The standard InChI is InChI=1S/C32H39N7O2/c1-21(22(2)25-6-5-7-26-27(32(40)33-3)12-13-34-31(25)26)17-35-29-16-28(37-20-38-29)24-10-11-30(36-18-24)39(4)14-15-41-19-23-8-9-23/h5-7,10-13,16,18,20-23H,8-9,14-15,17,19H2,1-4H3,(H,33,40)(H,35,37,38)/t21-,22?/m1/s1. The van der Waals surface area contributed by atoms with Crippen LogP contribution in [-0.2, 0) is 4.74 Å². The van der Waals surface area contributed by atoms with Crippen LogP contribution < -0.4 is 15.5 Å². The van der Waals surface area contributed by atoms with Crippen molar-refractivity contribution in [1.29, 1.82) is 0 Å². The van der Waals surface area contributed by atoms with Gasteiger partial charge in [0.1, 0.15) is 18.0 Å². The quantitative estimate of drug-likeness (QED) is 0.219. The van der Waals surface area contributed by atoms with E-state index >= 15 is 0 Å². The molecular formula is C32H39N7O2. The predicted molar refractivity (Wildman–Crippen MR) is 163 cm³/mol. The first-order valence-corrected chi connectivity index (χ1v) is 14.4. The molecule has 41 heavy (non-hydrogen) atoms. The Bertz CT molecular complexity index is 1470. The van der Waals surface area contributed by atoms with Gasteiger partial charge in [-0.25, -0.2) is 15.0 Å². The summed E-state index contributed by atoms with van der Waals surface area (Å²) in [5.41, 5.74) is 4.38. The summed E-state index contributed by atoms with van der Waals surface area (Å²) in [6.45, 7) is 7.52. The molecule has 1 aliphatic rings. The number of amides is 1. The smallest absolute Gasteiger partial charge is 0.251 e. The number of ether oxygens (including phenoxy) is 1. The molecule has 214 valence electrons. The highest BCUT2D eigenvalue weighted by atomic mass is 16.5. The lowest BCUT2D eigenvalue weighted by molar-refractivity contribution is 0.0964. The fourth-order valence-electron chi connectivity index (χ4n) is 4.87. The van der Waals surface area contributed by atoms with Crippen LogP contribution in [0.4, 0.5) is 11.6 Å². The van der Waals surface area contributed by atoms with Gasteiger partial charge in [0.2, 0.25) is 0 Å². The van der Waals surface area contributed by atoms with Crippen molar-refractivity contribution < 1.29 is 9.53 Å². The Balaban J connectivity index is 1.20. The summed E-state index contributed by atoms with van der Waals surface area (Å²) in [6.07, 6.45) is 7.76. The van der Waals surface area contributed by atoms with Gasteiger partial charge in [0.25, 0.3) is 5.91 Å². The van der Waals surface area contributed by atoms with Crippen LogP contribution in [0.25, 0.3) is 22.2 Å². The Morgan fingerprint density at radius 1 is 1.10 bits per heavy atom. The number of para-hydroxylation sites is 1. The van der Waals surface area contributed by atoms with Gasteiger partial charge < -0.3 is 20.3 Å². The maximum Gasteiger partial charge on any atom is 0.251 e. The van der Waals surface area contributed by atoms with E-state index < -0.39 is 0 Å². The van der Waals surface area contributed by atoms with Crippen molar-refractivity contribution in [1.82, 2.24) is 25.3 Å². The fourth-order valence-corrected chi connectivity index (χ4v) is 4.87. The first-order valence-electron chi connectivity index (χ1n) is 14.4. The number of pyridine rings is 2. The van der Waals surface area contributed by atoms with E-state index in [1.54, 1.807) is 25.6 Å². The molecule has 9 nitrogen and oxygen atoms in total.